The van der Waals surface area contributed by atoms with Gasteiger partial charge in [-0.1, -0.05) is 30.6 Å². The van der Waals surface area contributed by atoms with Crippen LogP contribution in [-0.2, 0) is 38.0 Å². The Balaban J connectivity index is 0.000000180. The highest BCUT2D eigenvalue weighted by Crippen LogP contribution is 2.76. The number of benzene rings is 2. The molecule has 10 nitrogen and oxygen atoms in total. The lowest BCUT2D eigenvalue weighted by Gasteiger charge is -2.69. The number of rotatable bonds is 5. The van der Waals surface area contributed by atoms with E-state index < -0.39 is 31.1 Å². The van der Waals surface area contributed by atoms with Gasteiger partial charge in [0.15, 0.2) is 23.1 Å². The first-order valence-corrected chi connectivity index (χ1v) is 21.6. The molecule has 308 valence electrons. The maximum absolute atomic E-state index is 10.0. The molecular formula is C41H62BrO10P3. The molecular weight excluding hydrogens is 825 g/mol. The van der Waals surface area contributed by atoms with Crippen molar-refractivity contribution in [1.29, 1.82) is 0 Å². The number of Topliss-reactive ketones (excluding diaryl/α,β-unsaturated/α-hetero) is 2. The number of aryl methyl sites for hydroxylation is 2. The lowest BCUT2D eigenvalue weighted by molar-refractivity contribution is -0.468. The maximum Gasteiger partial charge on any atom is 0.173 e. The fraction of sp³-hybridized carbons (Fsp3) is 0.659. The molecule has 8 fully saturated rings. The number of ketones is 2. The van der Waals surface area contributed by atoms with Gasteiger partial charge < -0.3 is 37.9 Å². The molecule has 0 aromatic heterocycles. The molecule has 8 saturated heterocycles. The van der Waals surface area contributed by atoms with E-state index in [0.717, 1.165) is 41.7 Å². The predicted octanol–water partition coefficient (Wildman–Crippen LogP) is 9.63. The van der Waals surface area contributed by atoms with Gasteiger partial charge in [0.05, 0.1) is 42.0 Å². The van der Waals surface area contributed by atoms with Crippen molar-refractivity contribution in [3.63, 3.8) is 0 Å². The first-order chi connectivity index (χ1) is 24.7. The highest BCUT2D eigenvalue weighted by atomic mass is 79.9. The van der Waals surface area contributed by atoms with E-state index in [4.69, 9.17) is 37.9 Å². The standard InChI is InChI=1S/C18H25O4P.C10H17O3P.C8H9BrO.C5H8O2.H3P/c1-12-9-13(19-6)7-8-14(12)23-17(4)10-15(2)20-16(3,22-17)11-18(23,5)21-15;1-7-5-9(3)13-8(2,11-7)6-10(4,12-7)14-9;1-6-5-7(10-2)3-4-8(6)9;1-4(6)3-5(2)7;/h7-9H,10-11H2,1-6H3;14H,5-6H2,1-4H3;3-5H,1-2H3;3H2,1-2H3;1H3. The smallest absolute Gasteiger partial charge is 0.173 e. The summed E-state index contributed by atoms with van der Waals surface area (Å²) in [5.41, 5.74) is 2.44. The highest BCUT2D eigenvalue weighted by molar-refractivity contribution is 9.10. The third-order valence-corrected chi connectivity index (χ3v) is 16.1. The van der Waals surface area contributed by atoms with Gasteiger partial charge in [-0.25, -0.2) is 0 Å². The maximum atomic E-state index is 10.0. The minimum atomic E-state index is -0.647. The zero-order valence-electron chi connectivity index (χ0n) is 35.1. The van der Waals surface area contributed by atoms with Gasteiger partial charge in [0.1, 0.15) is 23.1 Å². The molecule has 8 heterocycles. The summed E-state index contributed by atoms with van der Waals surface area (Å²) in [4.78, 5) is 20.1. The predicted molar refractivity (Wildman–Crippen MR) is 227 cm³/mol. The quantitative estimate of drug-likeness (QED) is 0.213. The van der Waals surface area contributed by atoms with Crippen LogP contribution in [0.2, 0.25) is 0 Å². The van der Waals surface area contributed by atoms with Gasteiger partial charge in [-0.3, -0.25) is 9.59 Å². The Morgan fingerprint density at radius 2 is 1.05 bits per heavy atom. The normalized spacial score (nSPS) is 40.0. The van der Waals surface area contributed by atoms with Crippen molar-refractivity contribution in [3.05, 3.63) is 52.0 Å². The average molecular weight is 888 g/mol. The second-order valence-corrected chi connectivity index (χ2v) is 23.2. The Kier molecular flexibility index (Phi) is 13.7. The molecule has 0 radical (unpaired) electrons. The molecule has 0 spiro atoms. The Morgan fingerprint density at radius 1 is 0.655 bits per heavy atom. The van der Waals surface area contributed by atoms with Gasteiger partial charge in [0, 0.05) is 30.2 Å². The second kappa shape index (κ2) is 16.2. The Bertz CT molecular complexity index is 1620. The van der Waals surface area contributed by atoms with Crippen molar-refractivity contribution in [1.82, 2.24) is 0 Å². The molecule has 0 N–H and O–H groups in total. The van der Waals surface area contributed by atoms with Crippen LogP contribution in [0.1, 0.15) is 112 Å². The zero-order chi connectivity index (χ0) is 40.3. The second-order valence-electron chi connectivity index (χ2n) is 17.0. The summed E-state index contributed by atoms with van der Waals surface area (Å²) < 4.78 is 48.6. The average Bonchev–Trinajstić information content (AvgIpc) is 2.94. The number of hydrogen-bond acceptors (Lipinski definition) is 10. The molecule has 14 heteroatoms. The van der Waals surface area contributed by atoms with Crippen molar-refractivity contribution in [2.45, 2.75) is 160 Å². The largest absolute Gasteiger partial charge is 0.497 e. The number of ether oxygens (including phenoxy) is 8. The van der Waals surface area contributed by atoms with E-state index >= 15 is 0 Å². The van der Waals surface area contributed by atoms with Crippen LogP contribution in [0.3, 0.4) is 0 Å². The van der Waals surface area contributed by atoms with E-state index in [1.807, 2.05) is 45.0 Å². The lowest BCUT2D eigenvalue weighted by atomic mass is 9.98. The summed E-state index contributed by atoms with van der Waals surface area (Å²) in [5.74, 6) is -0.284. The van der Waals surface area contributed by atoms with Crippen molar-refractivity contribution in [2.24, 2.45) is 0 Å². The van der Waals surface area contributed by atoms with E-state index in [-0.39, 0.29) is 49.3 Å². The van der Waals surface area contributed by atoms with Crippen molar-refractivity contribution in [3.8, 4) is 11.5 Å². The molecule has 10 rings (SSSR count). The number of carbonyl (C=O) groups excluding carboxylic acids is 2. The Morgan fingerprint density at radius 3 is 1.40 bits per heavy atom. The van der Waals surface area contributed by atoms with Crippen LogP contribution in [0.15, 0.2) is 40.9 Å². The summed E-state index contributed by atoms with van der Waals surface area (Å²) in [7, 11) is 3.44. The highest BCUT2D eigenvalue weighted by Gasteiger charge is 2.71. The molecule has 8 bridgehead atoms. The molecule has 8 aliphatic heterocycles. The van der Waals surface area contributed by atoms with Gasteiger partial charge in [0.25, 0.3) is 0 Å². The summed E-state index contributed by atoms with van der Waals surface area (Å²) in [6.07, 6.45) is 3.32. The molecule has 2 aromatic carbocycles. The van der Waals surface area contributed by atoms with E-state index in [2.05, 4.69) is 76.5 Å². The summed E-state index contributed by atoms with van der Waals surface area (Å²) in [6.45, 7) is 24.0. The molecule has 8 aliphatic rings. The molecule has 9 atom stereocenters. The van der Waals surface area contributed by atoms with E-state index in [9.17, 15) is 9.59 Å². The monoisotopic (exact) mass is 886 g/mol. The van der Waals surface area contributed by atoms with Gasteiger partial charge in [-0.15, -0.1) is 0 Å². The summed E-state index contributed by atoms with van der Waals surface area (Å²) in [6, 6.07) is 12.2. The SMILES string of the molecule is CC(=O)CC(C)=O.CC12CC3(C)OC(C)(CC(C)(O1)P3)O2.COc1ccc(Br)c(C)c1.COc1ccc(P2C3(C)CC4(C)OC(C)(CC2(C)O4)O3)c(C)c1.P. The minimum absolute atomic E-state index is 0. The van der Waals surface area contributed by atoms with Crippen LogP contribution >= 0.6 is 42.3 Å². The fourth-order valence-electron chi connectivity index (χ4n) is 9.79. The number of hydrogen-bond donors (Lipinski definition) is 0. The zero-order valence-corrected chi connectivity index (χ0v) is 40.0. The summed E-state index contributed by atoms with van der Waals surface area (Å²) in [5, 5.41) is 0.806. The van der Waals surface area contributed by atoms with Crippen LogP contribution in [-0.4, -0.2) is 70.3 Å². The fourth-order valence-corrected chi connectivity index (χ4v) is 16.6. The third kappa shape index (κ3) is 10.4. The third-order valence-electron chi connectivity index (χ3n) is 10.2. The topological polar surface area (TPSA) is 108 Å². The van der Waals surface area contributed by atoms with E-state index in [1.54, 1.807) is 14.2 Å². The van der Waals surface area contributed by atoms with Gasteiger partial charge in [0.2, 0.25) is 0 Å². The van der Waals surface area contributed by atoms with Crippen LogP contribution < -0.4 is 14.8 Å². The van der Waals surface area contributed by atoms with E-state index in [0.29, 0.717) is 8.58 Å². The van der Waals surface area contributed by atoms with Crippen LogP contribution in [0.4, 0.5) is 0 Å². The van der Waals surface area contributed by atoms with Crippen LogP contribution in [0, 0.1) is 13.8 Å². The number of carbonyl (C=O) groups is 2. The first kappa shape index (κ1) is 46.6. The van der Waals surface area contributed by atoms with Crippen molar-refractivity contribution >= 4 is 59.2 Å². The molecule has 0 aliphatic carbocycles. The van der Waals surface area contributed by atoms with E-state index in [1.165, 1.54) is 30.3 Å². The summed E-state index contributed by atoms with van der Waals surface area (Å²) >= 11 is 3.40. The number of methoxy groups -OCH3 is 2. The van der Waals surface area contributed by atoms with Gasteiger partial charge >= 0.3 is 0 Å². The molecule has 9 unspecified atom stereocenters. The van der Waals surface area contributed by atoms with Crippen molar-refractivity contribution in [2.75, 3.05) is 14.2 Å². The molecule has 55 heavy (non-hydrogen) atoms. The van der Waals surface area contributed by atoms with Crippen molar-refractivity contribution < 1.29 is 47.5 Å². The van der Waals surface area contributed by atoms with Crippen LogP contribution in [0.25, 0.3) is 0 Å². The first-order valence-electron chi connectivity index (χ1n) is 18.5. The Hall–Kier alpha value is -1.09. The van der Waals surface area contributed by atoms with Gasteiger partial charge in [-0.05, 0) is 138 Å². The Labute approximate surface area is 342 Å². The van der Waals surface area contributed by atoms with Crippen LogP contribution in [0.5, 0.6) is 11.5 Å². The lowest BCUT2D eigenvalue weighted by Crippen LogP contribution is -2.72. The molecule has 0 amide bonds. The minimum Gasteiger partial charge on any atom is -0.497 e. The van der Waals surface area contributed by atoms with Gasteiger partial charge in [-0.2, -0.15) is 9.90 Å². The number of halogens is 1. The molecule has 2 aromatic rings. The molecule has 0 saturated carbocycles.